The van der Waals surface area contributed by atoms with Crippen LogP contribution in [-0.4, -0.2) is 62.3 Å². The molecule has 0 aromatic rings. The number of aliphatic carboxylic acids is 1. The smallest absolute Gasteiger partial charge is 0.307 e. The van der Waals surface area contributed by atoms with E-state index in [0.29, 0.717) is 42.8 Å². The molecule has 4 aliphatic carbocycles. The third-order valence-corrected chi connectivity index (χ3v) is 15.8. The minimum absolute atomic E-state index is 0.0118. The lowest BCUT2D eigenvalue weighted by Gasteiger charge is -2.71. The van der Waals surface area contributed by atoms with Crippen LogP contribution in [0.15, 0.2) is 11.6 Å². The summed E-state index contributed by atoms with van der Waals surface area (Å²) in [4.78, 5) is 13.4. The molecule has 0 radical (unpaired) electrons. The minimum Gasteiger partial charge on any atom is -0.481 e. The van der Waals surface area contributed by atoms with Gasteiger partial charge in [0.05, 0.1) is 37.9 Å². The fraction of sp³-hybridized carbons (Fsp3) is 0.923. The Morgan fingerprint density at radius 2 is 1.78 bits per heavy atom. The van der Waals surface area contributed by atoms with Gasteiger partial charge in [-0.25, -0.2) is 0 Å². The van der Waals surface area contributed by atoms with Crippen LogP contribution >= 0.6 is 0 Å². The largest absolute Gasteiger partial charge is 0.481 e. The first-order valence-corrected chi connectivity index (χ1v) is 18.3. The Balaban J connectivity index is 1.53. The van der Waals surface area contributed by atoms with E-state index in [9.17, 15) is 9.90 Å². The van der Waals surface area contributed by atoms with Crippen LogP contribution in [-0.2, 0) is 19.0 Å². The zero-order valence-corrected chi connectivity index (χ0v) is 30.8. The number of carboxylic acids is 1. The Kier molecular flexibility index (Phi) is 9.33. The highest BCUT2D eigenvalue weighted by Gasteiger charge is 2.71. The highest BCUT2D eigenvalue weighted by Crippen LogP contribution is 2.75. The van der Waals surface area contributed by atoms with Gasteiger partial charge in [0, 0.05) is 23.5 Å². The molecule has 6 nitrogen and oxygen atoms in total. The molecule has 0 spiro atoms. The molecular weight excluding hydrogens is 562 g/mol. The van der Waals surface area contributed by atoms with E-state index in [2.05, 4.69) is 87.6 Å². The quantitative estimate of drug-likeness (QED) is 0.239. The number of nitrogens with one attached hydrogen (secondary N) is 1. The van der Waals surface area contributed by atoms with Crippen LogP contribution in [0.2, 0.25) is 0 Å². The second kappa shape index (κ2) is 11.9. The molecule has 2 N–H and O–H groups in total. The van der Waals surface area contributed by atoms with Gasteiger partial charge in [0.1, 0.15) is 0 Å². The van der Waals surface area contributed by atoms with Gasteiger partial charge in [-0.05, 0) is 97.8 Å². The lowest BCUT2D eigenvalue weighted by molar-refractivity contribution is -0.270. The zero-order chi connectivity index (χ0) is 33.4. The molecule has 1 heterocycles. The van der Waals surface area contributed by atoms with Crippen LogP contribution in [0.4, 0.5) is 0 Å². The van der Waals surface area contributed by atoms with Gasteiger partial charge in [0.25, 0.3) is 0 Å². The summed E-state index contributed by atoms with van der Waals surface area (Å²) >= 11 is 0. The van der Waals surface area contributed by atoms with E-state index in [1.54, 1.807) is 5.57 Å². The molecule has 12 atom stereocenters. The number of hydrogen-bond donors (Lipinski definition) is 2. The van der Waals surface area contributed by atoms with Gasteiger partial charge < -0.3 is 24.6 Å². The second-order valence-electron chi connectivity index (χ2n) is 18.2. The molecule has 2 bridgehead atoms. The second-order valence-corrected chi connectivity index (χ2v) is 18.2. The van der Waals surface area contributed by atoms with Crippen LogP contribution in [0.3, 0.4) is 0 Å². The lowest BCUT2D eigenvalue weighted by atomic mass is 9.34. The van der Waals surface area contributed by atoms with Crippen molar-refractivity contribution in [1.82, 2.24) is 5.32 Å². The lowest BCUT2D eigenvalue weighted by Crippen LogP contribution is -2.70. The van der Waals surface area contributed by atoms with Crippen molar-refractivity contribution >= 4 is 5.97 Å². The Hall–Kier alpha value is -0.950. The van der Waals surface area contributed by atoms with Gasteiger partial charge in [0.2, 0.25) is 0 Å². The SMILES string of the molecule is CCN[C@@](C)(CO[C@H]1[C@H](OC)C[C@@]23COC[C@@]1(C)[C@@H]2CC[C@H]1C3=CC[C@@]2(C)[C@H](C(=O)O)[C@@](C)([C@H](C)C(C)C)CC[C@]12C)C(C)C. The maximum Gasteiger partial charge on any atom is 0.307 e. The molecule has 0 aromatic heterocycles. The van der Waals surface area contributed by atoms with Crippen molar-refractivity contribution in [3.8, 4) is 0 Å². The third kappa shape index (κ3) is 4.95. The summed E-state index contributed by atoms with van der Waals surface area (Å²) < 4.78 is 20.1. The van der Waals surface area contributed by atoms with E-state index < -0.39 is 5.97 Å². The summed E-state index contributed by atoms with van der Waals surface area (Å²) in [5, 5.41) is 14.7. The van der Waals surface area contributed by atoms with Crippen LogP contribution < -0.4 is 5.32 Å². The van der Waals surface area contributed by atoms with Crippen LogP contribution in [0.25, 0.3) is 0 Å². The number of likely N-dealkylation sites (N-methyl/N-ethyl adjacent to an activating group) is 1. The van der Waals surface area contributed by atoms with Crippen LogP contribution in [0.1, 0.15) is 115 Å². The van der Waals surface area contributed by atoms with E-state index >= 15 is 0 Å². The molecule has 0 aromatic carbocycles. The molecular formula is C39H67NO5. The fourth-order valence-corrected chi connectivity index (χ4v) is 12.2. The number of allylic oxidation sites excluding steroid dienone is 1. The maximum absolute atomic E-state index is 13.4. The number of fused-ring (bicyclic) bond motifs is 3. The third-order valence-electron chi connectivity index (χ3n) is 15.8. The van der Waals surface area contributed by atoms with Crippen molar-refractivity contribution in [2.45, 2.75) is 132 Å². The standard InChI is InChI=1S/C39H67NO5/c1-13-40-38(11,25(4)5)22-45-32-29(43-12)20-39-23-44-21-35(32,8)30(39)15-14-27-28(39)16-17-37(10)31(33(41)42)34(7,26(6)24(2)3)18-19-36(27,37)9/h16,24-27,29-32,40H,13-15,17-23H2,1-12H3,(H,41,42)/t26-,27+,29-,30+,31-,32+,34-,35+,36-,37+,38+,39+/m1/s1. The number of methoxy groups -OCH3 is 1. The Morgan fingerprint density at radius 1 is 1.09 bits per heavy atom. The van der Waals surface area contributed by atoms with Crippen LogP contribution in [0.5, 0.6) is 0 Å². The van der Waals surface area contributed by atoms with Gasteiger partial charge in [-0.1, -0.05) is 80.9 Å². The molecule has 5 aliphatic rings. The first-order valence-electron chi connectivity index (χ1n) is 18.3. The van der Waals surface area contributed by atoms with Crippen molar-refractivity contribution in [3.63, 3.8) is 0 Å². The molecule has 5 rings (SSSR count). The normalized spacial score (nSPS) is 46.4. The predicted molar refractivity (Wildman–Crippen MR) is 181 cm³/mol. The van der Waals surface area contributed by atoms with E-state index in [1.165, 1.54) is 0 Å². The molecule has 1 saturated heterocycles. The molecule has 0 amide bonds. The van der Waals surface area contributed by atoms with Crippen molar-refractivity contribution in [2.24, 2.45) is 62.6 Å². The Morgan fingerprint density at radius 3 is 2.36 bits per heavy atom. The molecule has 3 saturated carbocycles. The molecule has 6 heteroatoms. The van der Waals surface area contributed by atoms with Gasteiger partial charge in [-0.15, -0.1) is 0 Å². The molecule has 45 heavy (non-hydrogen) atoms. The number of carbonyl (C=O) groups is 1. The molecule has 1 aliphatic heterocycles. The summed E-state index contributed by atoms with van der Waals surface area (Å²) in [5.41, 5.74) is 0.596. The van der Waals surface area contributed by atoms with Crippen molar-refractivity contribution in [3.05, 3.63) is 11.6 Å². The van der Waals surface area contributed by atoms with Gasteiger partial charge in [-0.3, -0.25) is 4.79 Å². The fourth-order valence-electron chi connectivity index (χ4n) is 12.2. The number of rotatable bonds is 10. The Bertz CT molecular complexity index is 1150. The first kappa shape index (κ1) is 35.4. The van der Waals surface area contributed by atoms with Crippen LogP contribution in [0, 0.1) is 62.6 Å². The number of ether oxygens (including phenoxy) is 3. The first-order chi connectivity index (χ1) is 20.9. The highest BCUT2D eigenvalue weighted by molar-refractivity contribution is 5.73. The monoisotopic (exact) mass is 630 g/mol. The van der Waals surface area contributed by atoms with Gasteiger partial charge in [0.15, 0.2) is 0 Å². The van der Waals surface area contributed by atoms with Crippen molar-refractivity contribution < 1.29 is 24.1 Å². The number of hydrogen-bond acceptors (Lipinski definition) is 5. The average Bonchev–Trinajstić information content (AvgIpc) is 2.96. The summed E-state index contributed by atoms with van der Waals surface area (Å²) in [6.45, 7) is 28.3. The van der Waals surface area contributed by atoms with E-state index in [0.717, 1.165) is 51.7 Å². The van der Waals surface area contributed by atoms with Crippen molar-refractivity contribution in [2.75, 3.05) is 33.5 Å². The van der Waals surface area contributed by atoms with E-state index in [1.807, 2.05) is 7.11 Å². The zero-order valence-electron chi connectivity index (χ0n) is 30.8. The topological polar surface area (TPSA) is 77.0 Å². The van der Waals surface area contributed by atoms with Gasteiger partial charge in [-0.2, -0.15) is 0 Å². The summed E-state index contributed by atoms with van der Waals surface area (Å²) in [7, 11) is 1.87. The molecule has 4 fully saturated rings. The average molecular weight is 630 g/mol. The highest BCUT2D eigenvalue weighted by atomic mass is 16.5. The summed E-state index contributed by atoms with van der Waals surface area (Å²) in [5.74, 6) is 1.08. The van der Waals surface area contributed by atoms with Crippen molar-refractivity contribution in [1.29, 1.82) is 0 Å². The maximum atomic E-state index is 13.4. The Labute approximate surface area is 275 Å². The predicted octanol–water partition coefficient (Wildman–Crippen LogP) is 8.00. The van der Waals surface area contributed by atoms with E-state index in [4.69, 9.17) is 14.2 Å². The number of carboxylic acid groups (broad SMARTS) is 1. The minimum atomic E-state index is -0.598. The summed E-state index contributed by atoms with van der Waals surface area (Å²) in [6.07, 6.45) is 8.53. The van der Waals surface area contributed by atoms with Gasteiger partial charge >= 0.3 is 5.97 Å². The summed E-state index contributed by atoms with van der Waals surface area (Å²) in [6, 6.07) is 0. The molecule has 258 valence electrons. The van der Waals surface area contributed by atoms with E-state index in [-0.39, 0.29) is 50.7 Å². The molecule has 0 unspecified atom stereocenters.